The average Bonchev–Trinajstić information content (AvgIpc) is 2.98. The molecule has 1 atom stereocenters. The predicted octanol–water partition coefficient (Wildman–Crippen LogP) is 1.40. The number of hydrogen-bond donors (Lipinski definition) is 2. The van der Waals surface area contributed by atoms with E-state index in [1.54, 1.807) is 0 Å². The third-order valence-corrected chi connectivity index (χ3v) is 3.65. The highest BCUT2D eigenvalue weighted by molar-refractivity contribution is 5.70. The number of ether oxygens (including phenoxy) is 1. The van der Waals surface area contributed by atoms with Crippen LogP contribution in [0, 0.1) is 10.1 Å². The molecule has 2 rings (SSSR count). The lowest BCUT2D eigenvalue weighted by Gasteiger charge is -2.20. The van der Waals surface area contributed by atoms with Gasteiger partial charge in [-0.25, -0.2) is 0 Å². The van der Waals surface area contributed by atoms with E-state index in [0.29, 0.717) is 25.6 Å². The number of nitrogens with one attached hydrogen (secondary N) is 1. The van der Waals surface area contributed by atoms with E-state index in [2.05, 4.69) is 15.3 Å². The minimum Gasteiger partial charge on any atom is -0.378 e. The lowest BCUT2D eigenvalue weighted by Crippen LogP contribution is -2.26. The van der Waals surface area contributed by atoms with Crippen molar-refractivity contribution >= 4 is 23.3 Å². The SMILES string of the molecule is CCN(CC)c1nc(N)c([N+](=O)[O-])c(NC[C@H]2CCCO2)n1. The molecule has 0 aliphatic carbocycles. The van der Waals surface area contributed by atoms with Crippen molar-refractivity contribution in [2.45, 2.75) is 32.8 Å². The summed E-state index contributed by atoms with van der Waals surface area (Å²) in [5, 5.41) is 14.2. The summed E-state index contributed by atoms with van der Waals surface area (Å²) in [6.45, 7) is 6.51. The second-order valence-electron chi connectivity index (χ2n) is 5.05. The molecule has 0 radical (unpaired) electrons. The van der Waals surface area contributed by atoms with Gasteiger partial charge >= 0.3 is 5.69 Å². The molecule has 1 aliphatic rings. The maximum absolute atomic E-state index is 11.2. The molecule has 122 valence electrons. The number of anilines is 3. The van der Waals surface area contributed by atoms with E-state index in [0.717, 1.165) is 19.4 Å². The fourth-order valence-corrected chi connectivity index (χ4v) is 2.43. The number of nitrogens with two attached hydrogens (primary N) is 1. The Balaban J connectivity index is 2.27. The quantitative estimate of drug-likeness (QED) is 0.573. The molecule has 1 fully saturated rings. The molecule has 22 heavy (non-hydrogen) atoms. The van der Waals surface area contributed by atoms with Crippen LogP contribution >= 0.6 is 0 Å². The summed E-state index contributed by atoms with van der Waals surface area (Å²) in [5.74, 6) is 0.412. The third kappa shape index (κ3) is 3.53. The Hall–Kier alpha value is -2.16. The van der Waals surface area contributed by atoms with Crippen LogP contribution in [-0.2, 0) is 4.74 Å². The first-order valence-corrected chi connectivity index (χ1v) is 7.49. The highest BCUT2D eigenvalue weighted by Crippen LogP contribution is 2.30. The van der Waals surface area contributed by atoms with Crippen molar-refractivity contribution in [3.05, 3.63) is 10.1 Å². The largest absolute Gasteiger partial charge is 0.378 e. The first-order chi connectivity index (χ1) is 10.6. The Labute approximate surface area is 129 Å². The molecule has 3 N–H and O–H groups in total. The van der Waals surface area contributed by atoms with Crippen LogP contribution in [0.2, 0.25) is 0 Å². The van der Waals surface area contributed by atoms with Gasteiger partial charge in [-0.1, -0.05) is 0 Å². The van der Waals surface area contributed by atoms with Crippen molar-refractivity contribution in [3.8, 4) is 0 Å². The van der Waals surface area contributed by atoms with Crippen LogP contribution in [0.5, 0.6) is 0 Å². The molecule has 1 aliphatic heterocycles. The number of nitrogen functional groups attached to an aromatic ring is 1. The minimum atomic E-state index is -0.556. The second-order valence-corrected chi connectivity index (χ2v) is 5.05. The van der Waals surface area contributed by atoms with Gasteiger partial charge in [0.05, 0.1) is 11.0 Å². The van der Waals surface area contributed by atoms with Gasteiger partial charge in [-0.3, -0.25) is 10.1 Å². The Morgan fingerprint density at radius 2 is 2.18 bits per heavy atom. The average molecular weight is 310 g/mol. The van der Waals surface area contributed by atoms with Crippen LogP contribution in [0.15, 0.2) is 0 Å². The number of hydrogen-bond acceptors (Lipinski definition) is 8. The van der Waals surface area contributed by atoms with Gasteiger partial charge in [-0.2, -0.15) is 9.97 Å². The lowest BCUT2D eigenvalue weighted by molar-refractivity contribution is -0.383. The molecule has 0 bridgehead atoms. The summed E-state index contributed by atoms with van der Waals surface area (Å²) >= 11 is 0. The molecule has 9 nitrogen and oxygen atoms in total. The zero-order valence-electron chi connectivity index (χ0n) is 12.9. The van der Waals surface area contributed by atoms with E-state index < -0.39 is 4.92 Å². The van der Waals surface area contributed by atoms with Crippen molar-refractivity contribution in [2.75, 3.05) is 42.2 Å². The normalized spacial score (nSPS) is 17.5. The van der Waals surface area contributed by atoms with Crippen molar-refractivity contribution in [1.29, 1.82) is 0 Å². The van der Waals surface area contributed by atoms with Gasteiger partial charge in [-0.05, 0) is 26.7 Å². The van der Waals surface area contributed by atoms with Gasteiger partial charge in [-0.15, -0.1) is 0 Å². The van der Waals surface area contributed by atoms with Crippen LogP contribution in [0.4, 0.5) is 23.3 Å². The molecule has 0 spiro atoms. The Morgan fingerprint density at radius 3 is 2.73 bits per heavy atom. The first kappa shape index (κ1) is 16.2. The van der Waals surface area contributed by atoms with Gasteiger partial charge in [0.15, 0.2) is 0 Å². The van der Waals surface area contributed by atoms with Gasteiger partial charge in [0, 0.05) is 26.2 Å². The zero-order valence-corrected chi connectivity index (χ0v) is 12.9. The molecular formula is C13H22N6O3. The van der Waals surface area contributed by atoms with E-state index >= 15 is 0 Å². The summed E-state index contributed by atoms with van der Waals surface area (Å²) in [6, 6.07) is 0. The number of nitro groups is 1. The van der Waals surface area contributed by atoms with Gasteiger partial charge < -0.3 is 20.7 Å². The Morgan fingerprint density at radius 1 is 1.45 bits per heavy atom. The van der Waals surface area contributed by atoms with Crippen LogP contribution in [0.25, 0.3) is 0 Å². The van der Waals surface area contributed by atoms with Crippen molar-refractivity contribution in [1.82, 2.24) is 9.97 Å². The highest BCUT2D eigenvalue weighted by Gasteiger charge is 2.25. The summed E-state index contributed by atoms with van der Waals surface area (Å²) in [5.41, 5.74) is 5.48. The maximum Gasteiger partial charge on any atom is 0.353 e. The number of rotatable bonds is 7. The zero-order chi connectivity index (χ0) is 16.1. The molecule has 9 heteroatoms. The summed E-state index contributed by atoms with van der Waals surface area (Å²) in [7, 11) is 0. The first-order valence-electron chi connectivity index (χ1n) is 7.49. The second kappa shape index (κ2) is 7.21. The van der Waals surface area contributed by atoms with Gasteiger partial charge in [0.25, 0.3) is 0 Å². The molecule has 1 aromatic rings. The van der Waals surface area contributed by atoms with Crippen LogP contribution in [-0.4, -0.2) is 47.2 Å². The molecule has 2 heterocycles. The molecule has 0 aromatic carbocycles. The Kier molecular flexibility index (Phi) is 5.31. The van der Waals surface area contributed by atoms with Gasteiger partial charge in [0.2, 0.25) is 17.6 Å². The minimum absolute atomic E-state index is 0.0488. The van der Waals surface area contributed by atoms with Crippen molar-refractivity contribution in [3.63, 3.8) is 0 Å². The fraction of sp³-hybridized carbons (Fsp3) is 0.692. The van der Waals surface area contributed by atoms with Crippen LogP contribution in [0.1, 0.15) is 26.7 Å². The van der Waals surface area contributed by atoms with Crippen LogP contribution in [0.3, 0.4) is 0 Å². The lowest BCUT2D eigenvalue weighted by atomic mass is 10.2. The van der Waals surface area contributed by atoms with E-state index in [4.69, 9.17) is 10.5 Å². The molecular weight excluding hydrogens is 288 g/mol. The van der Waals surface area contributed by atoms with E-state index in [1.165, 1.54) is 0 Å². The summed E-state index contributed by atoms with van der Waals surface area (Å²) in [4.78, 5) is 20.9. The molecule has 0 unspecified atom stereocenters. The van der Waals surface area contributed by atoms with E-state index in [-0.39, 0.29) is 23.4 Å². The number of aromatic nitrogens is 2. The smallest absolute Gasteiger partial charge is 0.353 e. The predicted molar refractivity (Wildman–Crippen MR) is 84.1 cm³/mol. The molecule has 0 amide bonds. The van der Waals surface area contributed by atoms with Crippen molar-refractivity contribution in [2.24, 2.45) is 0 Å². The monoisotopic (exact) mass is 310 g/mol. The summed E-state index contributed by atoms with van der Waals surface area (Å²) in [6.07, 6.45) is 1.99. The topological polar surface area (TPSA) is 119 Å². The van der Waals surface area contributed by atoms with Gasteiger partial charge in [0.1, 0.15) is 0 Å². The maximum atomic E-state index is 11.2. The standard InChI is InChI=1S/C13H22N6O3/c1-3-18(4-2)13-16-11(14)10(19(20)21)12(17-13)15-8-9-6-5-7-22-9/h9H,3-8H2,1-2H3,(H3,14,15,16,17)/t9-/m1/s1. The van der Waals surface area contributed by atoms with E-state index in [9.17, 15) is 10.1 Å². The Bertz CT molecular complexity index is 529. The summed E-state index contributed by atoms with van der Waals surface area (Å²) < 4.78 is 5.51. The molecule has 0 saturated carbocycles. The fourth-order valence-electron chi connectivity index (χ4n) is 2.43. The highest BCUT2D eigenvalue weighted by atomic mass is 16.6. The van der Waals surface area contributed by atoms with E-state index in [1.807, 2.05) is 18.7 Å². The van der Waals surface area contributed by atoms with Crippen LogP contribution < -0.4 is 16.0 Å². The number of nitrogens with zero attached hydrogens (tertiary/aromatic N) is 4. The third-order valence-electron chi connectivity index (χ3n) is 3.65. The molecule has 1 aromatic heterocycles. The van der Waals surface area contributed by atoms with Crippen molar-refractivity contribution < 1.29 is 9.66 Å². The molecule has 1 saturated heterocycles.